The number of aliphatic hydroxyl groups excluding tert-OH is 1. The molecule has 17 heavy (non-hydrogen) atoms. The molecule has 1 aromatic rings. The number of amides is 1. The minimum absolute atomic E-state index is 0.0162. The number of carbonyl (C=O) groups is 1. The van der Waals surface area contributed by atoms with Crippen LogP contribution >= 0.6 is 0 Å². The Kier molecular flexibility index (Phi) is 4.03. The Morgan fingerprint density at radius 1 is 1.53 bits per heavy atom. The quantitative estimate of drug-likeness (QED) is 0.838. The van der Waals surface area contributed by atoms with E-state index in [1.54, 1.807) is 6.07 Å². The Balaban J connectivity index is 2.00. The summed E-state index contributed by atoms with van der Waals surface area (Å²) >= 11 is 0. The summed E-state index contributed by atoms with van der Waals surface area (Å²) in [5.41, 5.74) is 0.588. The van der Waals surface area contributed by atoms with Crippen molar-refractivity contribution < 1.29 is 9.90 Å². The molecule has 1 N–H and O–H groups in total. The third-order valence-electron chi connectivity index (χ3n) is 3.17. The van der Waals surface area contributed by atoms with Crippen LogP contribution in [0.25, 0.3) is 0 Å². The highest BCUT2D eigenvalue weighted by Crippen LogP contribution is 2.20. The topological polar surface area (TPSA) is 66.3 Å². The van der Waals surface area contributed by atoms with Crippen LogP contribution in [-0.4, -0.2) is 45.8 Å². The molecule has 5 heteroatoms. The number of likely N-dealkylation sites (tertiary alicyclic amines) is 1. The summed E-state index contributed by atoms with van der Waals surface area (Å²) in [6.45, 7) is 1.73. The van der Waals surface area contributed by atoms with Gasteiger partial charge in [0.05, 0.1) is 18.0 Å². The van der Waals surface area contributed by atoms with Crippen molar-refractivity contribution in [1.82, 2.24) is 15.1 Å². The van der Waals surface area contributed by atoms with Crippen LogP contribution in [0.4, 0.5) is 0 Å². The summed E-state index contributed by atoms with van der Waals surface area (Å²) < 4.78 is 0. The first kappa shape index (κ1) is 12.0. The predicted molar refractivity (Wildman–Crippen MR) is 62.4 cm³/mol. The standard InChI is InChI=1S/C12H17N3O2/c16-7-4-10-2-1-6-15(9-10)12(17)11-3-5-13-14-8-11/h3,5,8,10,16H,1-2,4,6-7,9H2. The van der Waals surface area contributed by atoms with E-state index in [-0.39, 0.29) is 12.5 Å². The Hall–Kier alpha value is -1.49. The summed E-state index contributed by atoms with van der Waals surface area (Å²) in [6, 6.07) is 1.69. The van der Waals surface area contributed by atoms with Gasteiger partial charge in [-0.2, -0.15) is 10.2 Å². The zero-order chi connectivity index (χ0) is 12.1. The normalized spacial score (nSPS) is 20.3. The third-order valence-corrected chi connectivity index (χ3v) is 3.17. The number of piperidine rings is 1. The Bertz CT molecular complexity index is 367. The molecule has 0 spiro atoms. The summed E-state index contributed by atoms with van der Waals surface area (Å²) in [6.07, 6.45) is 5.91. The molecule has 1 unspecified atom stereocenters. The maximum absolute atomic E-state index is 12.1. The molecular formula is C12H17N3O2. The van der Waals surface area contributed by atoms with Gasteiger partial charge in [0.2, 0.25) is 0 Å². The van der Waals surface area contributed by atoms with Gasteiger partial charge < -0.3 is 10.0 Å². The highest BCUT2D eigenvalue weighted by atomic mass is 16.3. The molecule has 1 aliphatic rings. The maximum Gasteiger partial charge on any atom is 0.255 e. The van der Waals surface area contributed by atoms with Crippen LogP contribution in [0.5, 0.6) is 0 Å². The number of carbonyl (C=O) groups excluding carboxylic acids is 1. The highest BCUT2D eigenvalue weighted by molar-refractivity contribution is 5.93. The van der Waals surface area contributed by atoms with Crippen LogP contribution in [-0.2, 0) is 0 Å². The Morgan fingerprint density at radius 2 is 2.41 bits per heavy atom. The molecule has 1 amide bonds. The molecule has 0 aromatic carbocycles. The van der Waals surface area contributed by atoms with Gasteiger partial charge in [-0.1, -0.05) is 0 Å². The fourth-order valence-corrected chi connectivity index (χ4v) is 2.27. The van der Waals surface area contributed by atoms with Gasteiger partial charge in [-0.3, -0.25) is 4.79 Å². The van der Waals surface area contributed by atoms with Crippen molar-refractivity contribution in [3.05, 3.63) is 24.0 Å². The Morgan fingerprint density at radius 3 is 3.12 bits per heavy atom. The molecule has 1 aromatic heterocycles. The van der Waals surface area contributed by atoms with Crippen molar-refractivity contribution >= 4 is 5.91 Å². The summed E-state index contributed by atoms with van der Waals surface area (Å²) in [4.78, 5) is 14.0. The second kappa shape index (κ2) is 5.72. The van der Waals surface area contributed by atoms with Crippen LogP contribution in [0, 0.1) is 5.92 Å². The first-order valence-electron chi connectivity index (χ1n) is 5.98. The molecule has 2 heterocycles. The minimum Gasteiger partial charge on any atom is -0.396 e. The van der Waals surface area contributed by atoms with Gasteiger partial charge in [0.1, 0.15) is 0 Å². The van der Waals surface area contributed by atoms with Crippen molar-refractivity contribution in [2.45, 2.75) is 19.3 Å². The van der Waals surface area contributed by atoms with E-state index in [0.717, 1.165) is 32.4 Å². The lowest BCUT2D eigenvalue weighted by molar-refractivity contribution is 0.0653. The molecule has 0 aliphatic carbocycles. The van der Waals surface area contributed by atoms with Gasteiger partial charge in [0.15, 0.2) is 0 Å². The predicted octanol–water partition coefficient (Wildman–Crippen LogP) is 0.711. The molecule has 5 nitrogen and oxygen atoms in total. The lowest BCUT2D eigenvalue weighted by Gasteiger charge is -2.32. The van der Waals surface area contributed by atoms with Crippen LogP contribution in [0.3, 0.4) is 0 Å². The van der Waals surface area contributed by atoms with Crippen LogP contribution < -0.4 is 0 Å². The highest BCUT2D eigenvalue weighted by Gasteiger charge is 2.24. The van der Waals surface area contributed by atoms with Crippen molar-refractivity contribution in [3.8, 4) is 0 Å². The molecule has 0 saturated carbocycles. The average Bonchev–Trinajstić information content (AvgIpc) is 2.40. The molecule has 92 valence electrons. The smallest absolute Gasteiger partial charge is 0.255 e. The van der Waals surface area contributed by atoms with Gasteiger partial charge in [0, 0.05) is 19.7 Å². The molecule has 1 atom stereocenters. The van der Waals surface area contributed by atoms with E-state index in [0.29, 0.717) is 11.5 Å². The number of aliphatic hydroxyl groups is 1. The summed E-state index contributed by atoms with van der Waals surface area (Å²) in [7, 11) is 0. The summed E-state index contributed by atoms with van der Waals surface area (Å²) in [5, 5.41) is 16.3. The lowest BCUT2D eigenvalue weighted by atomic mass is 9.95. The molecule has 1 aliphatic heterocycles. The van der Waals surface area contributed by atoms with Crippen molar-refractivity contribution in [2.24, 2.45) is 5.92 Å². The van der Waals surface area contributed by atoms with E-state index < -0.39 is 0 Å². The van der Waals surface area contributed by atoms with E-state index in [4.69, 9.17) is 5.11 Å². The number of hydrogen-bond acceptors (Lipinski definition) is 4. The first-order chi connectivity index (χ1) is 8.31. The third kappa shape index (κ3) is 3.00. The van der Waals surface area contributed by atoms with Crippen LogP contribution in [0.2, 0.25) is 0 Å². The molecule has 0 bridgehead atoms. The number of rotatable bonds is 3. The zero-order valence-corrected chi connectivity index (χ0v) is 9.75. The molecule has 1 saturated heterocycles. The maximum atomic E-state index is 12.1. The van der Waals surface area contributed by atoms with E-state index in [1.165, 1.54) is 12.4 Å². The number of nitrogens with zero attached hydrogens (tertiary/aromatic N) is 3. The molecule has 2 rings (SSSR count). The van der Waals surface area contributed by atoms with Gasteiger partial charge in [0.25, 0.3) is 5.91 Å². The Labute approximate surface area is 100 Å². The van der Waals surface area contributed by atoms with Gasteiger partial charge >= 0.3 is 0 Å². The van der Waals surface area contributed by atoms with E-state index in [1.807, 2.05) is 4.90 Å². The van der Waals surface area contributed by atoms with Gasteiger partial charge in [-0.15, -0.1) is 0 Å². The molecule has 1 fully saturated rings. The van der Waals surface area contributed by atoms with E-state index in [2.05, 4.69) is 10.2 Å². The van der Waals surface area contributed by atoms with Crippen LogP contribution in [0.15, 0.2) is 18.5 Å². The SMILES string of the molecule is O=C(c1ccnnc1)N1CCCC(CCO)C1. The fourth-order valence-electron chi connectivity index (χ4n) is 2.27. The van der Waals surface area contributed by atoms with E-state index in [9.17, 15) is 4.79 Å². The van der Waals surface area contributed by atoms with Gasteiger partial charge in [-0.25, -0.2) is 0 Å². The van der Waals surface area contributed by atoms with Crippen molar-refractivity contribution in [2.75, 3.05) is 19.7 Å². The largest absolute Gasteiger partial charge is 0.396 e. The van der Waals surface area contributed by atoms with Crippen molar-refractivity contribution in [1.29, 1.82) is 0 Å². The average molecular weight is 235 g/mol. The second-order valence-electron chi connectivity index (χ2n) is 4.40. The zero-order valence-electron chi connectivity index (χ0n) is 9.75. The summed E-state index contributed by atoms with van der Waals surface area (Å²) in [5.74, 6) is 0.440. The van der Waals surface area contributed by atoms with Crippen molar-refractivity contribution in [3.63, 3.8) is 0 Å². The molecular weight excluding hydrogens is 218 g/mol. The van der Waals surface area contributed by atoms with Gasteiger partial charge in [-0.05, 0) is 31.2 Å². The minimum atomic E-state index is 0.0162. The second-order valence-corrected chi connectivity index (χ2v) is 4.40. The van der Waals surface area contributed by atoms with E-state index >= 15 is 0 Å². The first-order valence-corrected chi connectivity index (χ1v) is 5.98. The number of aromatic nitrogens is 2. The van der Waals surface area contributed by atoms with Crippen LogP contribution in [0.1, 0.15) is 29.6 Å². The molecule has 0 radical (unpaired) electrons. The fraction of sp³-hybridized carbons (Fsp3) is 0.583. The number of hydrogen-bond donors (Lipinski definition) is 1. The monoisotopic (exact) mass is 235 g/mol. The lowest BCUT2D eigenvalue weighted by Crippen LogP contribution is -2.40.